The highest BCUT2D eigenvalue weighted by atomic mass is 32.2. The second-order valence-corrected chi connectivity index (χ2v) is 10.3. The molecule has 1 fully saturated rings. The molecule has 9 nitrogen and oxygen atoms in total. The number of anilines is 1. The maximum atomic E-state index is 13.0. The van der Waals surface area contributed by atoms with E-state index < -0.39 is 28.0 Å². The fraction of sp³-hybridized carbons (Fsp3) is 0.524. The van der Waals surface area contributed by atoms with E-state index in [9.17, 15) is 22.8 Å². The Morgan fingerprint density at radius 3 is 2.71 bits per heavy atom. The number of sulfone groups is 1. The molecule has 4 rings (SSSR count). The highest BCUT2D eigenvalue weighted by Gasteiger charge is 2.38. The highest BCUT2D eigenvalue weighted by Crippen LogP contribution is 2.28. The third kappa shape index (κ3) is 4.48. The Hall–Kier alpha value is -2.75. The molecule has 0 radical (unpaired) electrons. The Bertz CT molecular complexity index is 1050. The molecule has 31 heavy (non-hydrogen) atoms. The summed E-state index contributed by atoms with van der Waals surface area (Å²) >= 11 is 0. The lowest BCUT2D eigenvalue weighted by Crippen LogP contribution is -2.45. The summed E-state index contributed by atoms with van der Waals surface area (Å²) in [6.07, 6.45) is 1.15. The molecule has 0 aromatic heterocycles. The predicted molar refractivity (Wildman–Crippen MR) is 113 cm³/mol. The van der Waals surface area contributed by atoms with Crippen molar-refractivity contribution in [2.75, 3.05) is 23.0 Å². The summed E-state index contributed by atoms with van der Waals surface area (Å²) in [4.78, 5) is 39.5. The highest BCUT2D eigenvalue weighted by molar-refractivity contribution is 7.91. The molecular weight excluding hydrogens is 422 g/mol. The first-order chi connectivity index (χ1) is 14.7. The van der Waals surface area contributed by atoms with Crippen LogP contribution in [0.5, 0.6) is 0 Å². The van der Waals surface area contributed by atoms with Crippen molar-refractivity contribution in [2.45, 2.75) is 51.2 Å². The van der Waals surface area contributed by atoms with Gasteiger partial charge in [-0.2, -0.15) is 5.10 Å². The van der Waals surface area contributed by atoms with E-state index in [0.717, 1.165) is 29.1 Å². The van der Waals surface area contributed by atoms with Gasteiger partial charge in [0, 0.05) is 25.1 Å². The first-order valence-corrected chi connectivity index (χ1v) is 12.3. The van der Waals surface area contributed by atoms with Gasteiger partial charge in [-0.05, 0) is 37.8 Å². The number of nitrogens with zero attached hydrogens (tertiary/aromatic N) is 3. The fourth-order valence-electron chi connectivity index (χ4n) is 4.23. The summed E-state index contributed by atoms with van der Waals surface area (Å²) in [6.45, 7) is 2.07. The van der Waals surface area contributed by atoms with Crippen LogP contribution in [0.4, 0.5) is 5.69 Å². The minimum absolute atomic E-state index is 0.000406. The second-order valence-electron chi connectivity index (χ2n) is 8.11. The van der Waals surface area contributed by atoms with Crippen molar-refractivity contribution in [1.29, 1.82) is 0 Å². The lowest BCUT2D eigenvalue weighted by Gasteiger charge is -2.31. The number of hydrazone groups is 1. The number of carbonyl (C=O) groups excluding carboxylic acids is 3. The van der Waals surface area contributed by atoms with Gasteiger partial charge in [-0.1, -0.05) is 18.2 Å². The van der Waals surface area contributed by atoms with Gasteiger partial charge in [0.2, 0.25) is 5.91 Å². The molecular formula is C21H25N3O6S. The maximum Gasteiger partial charge on any atom is 0.355 e. The quantitative estimate of drug-likeness (QED) is 0.638. The van der Waals surface area contributed by atoms with Gasteiger partial charge in [0.15, 0.2) is 15.9 Å². The molecule has 166 valence electrons. The molecule has 2 amide bonds. The average Bonchev–Trinajstić information content (AvgIpc) is 3.12. The summed E-state index contributed by atoms with van der Waals surface area (Å²) in [6, 6.07) is 7.10. The lowest BCUT2D eigenvalue weighted by molar-refractivity contribution is -0.148. The zero-order chi connectivity index (χ0) is 22.2. The third-order valence-corrected chi connectivity index (χ3v) is 7.61. The van der Waals surface area contributed by atoms with Gasteiger partial charge in [0.05, 0.1) is 17.5 Å². The van der Waals surface area contributed by atoms with Crippen molar-refractivity contribution in [3.8, 4) is 0 Å². The van der Waals surface area contributed by atoms with Gasteiger partial charge in [0.25, 0.3) is 5.91 Å². The van der Waals surface area contributed by atoms with Gasteiger partial charge < -0.3 is 9.64 Å². The standard InChI is InChI=1S/C21H25N3O6S/c1-14(20(26)23-11-4-6-15-5-2-3-7-18(15)23)30-21(27)17-8-9-19(25)24(22-17)16-10-12-31(28,29)13-16/h2-3,5,7,14,16H,4,6,8-13H2,1H3/t14-,16+/m0/s1. The van der Waals surface area contributed by atoms with Crippen molar-refractivity contribution in [2.24, 2.45) is 5.10 Å². The van der Waals surface area contributed by atoms with E-state index in [1.165, 1.54) is 6.92 Å². The summed E-state index contributed by atoms with van der Waals surface area (Å²) in [7, 11) is -3.20. The number of carbonyl (C=O) groups is 3. The van der Waals surface area contributed by atoms with Crippen LogP contribution >= 0.6 is 0 Å². The van der Waals surface area contributed by atoms with Crippen molar-refractivity contribution in [3.05, 3.63) is 29.8 Å². The van der Waals surface area contributed by atoms with E-state index in [0.29, 0.717) is 13.0 Å². The normalized spacial score (nSPS) is 23.7. The van der Waals surface area contributed by atoms with Crippen molar-refractivity contribution in [3.63, 3.8) is 0 Å². The number of para-hydroxylation sites is 1. The molecule has 0 spiro atoms. The molecule has 1 aromatic carbocycles. The topological polar surface area (TPSA) is 113 Å². The molecule has 10 heteroatoms. The molecule has 1 saturated heterocycles. The van der Waals surface area contributed by atoms with E-state index in [1.54, 1.807) is 4.90 Å². The van der Waals surface area contributed by atoms with Crippen molar-refractivity contribution in [1.82, 2.24) is 5.01 Å². The number of rotatable bonds is 4. The first kappa shape index (κ1) is 21.5. The van der Waals surface area contributed by atoms with E-state index in [-0.39, 0.29) is 41.9 Å². The Balaban J connectivity index is 1.44. The molecule has 0 bridgehead atoms. The van der Waals surface area contributed by atoms with Gasteiger partial charge in [-0.25, -0.2) is 18.2 Å². The molecule has 3 aliphatic heterocycles. The lowest BCUT2D eigenvalue weighted by atomic mass is 10.0. The SMILES string of the molecule is C[C@H](OC(=O)C1=NN([C@@H]2CCS(=O)(=O)C2)C(=O)CC1)C(=O)N1CCCc2ccccc21. The number of amides is 2. The van der Waals surface area contributed by atoms with Crippen molar-refractivity contribution < 1.29 is 27.5 Å². The van der Waals surface area contributed by atoms with Crippen LogP contribution in [0.2, 0.25) is 0 Å². The Kier molecular flexibility index (Phi) is 5.83. The predicted octanol–water partition coefficient (Wildman–Crippen LogP) is 1.06. The molecule has 3 heterocycles. The van der Waals surface area contributed by atoms with E-state index in [4.69, 9.17) is 4.74 Å². The number of ether oxygens (including phenoxy) is 1. The van der Waals surface area contributed by atoms with Crippen LogP contribution in [0.15, 0.2) is 29.4 Å². The minimum atomic E-state index is -3.20. The number of hydrogen-bond acceptors (Lipinski definition) is 7. The first-order valence-electron chi connectivity index (χ1n) is 10.5. The molecule has 2 atom stereocenters. The van der Waals surface area contributed by atoms with Crippen LogP contribution in [-0.2, 0) is 35.4 Å². The summed E-state index contributed by atoms with van der Waals surface area (Å²) in [5.41, 5.74) is 1.94. The number of hydrogen-bond donors (Lipinski definition) is 0. The monoisotopic (exact) mass is 447 g/mol. The van der Waals surface area contributed by atoms with Gasteiger partial charge in [0.1, 0.15) is 5.71 Å². The average molecular weight is 448 g/mol. The largest absolute Gasteiger partial charge is 0.448 e. The Morgan fingerprint density at radius 1 is 1.19 bits per heavy atom. The third-order valence-electron chi connectivity index (χ3n) is 5.86. The Morgan fingerprint density at radius 2 is 1.97 bits per heavy atom. The zero-order valence-electron chi connectivity index (χ0n) is 17.3. The number of fused-ring (bicyclic) bond motifs is 1. The van der Waals surface area contributed by atoms with Crippen LogP contribution in [-0.4, -0.2) is 67.1 Å². The summed E-state index contributed by atoms with van der Waals surface area (Å²) < 4.78 is 28.9. The number of aryl methyl sites for hydroxylation is 1. The maximum absolute atomic E-state index is 13.0. The van der Waals surface area contributed by atoms with E-state index in [1.807, 2.05) is 24.3 Å². The molecule has 0 saturated carbocycles. The van der Waals surface area contributed by atoms with Gasteiger partial charge in [-0.3, -0.25) is 9.59 Å². The van der Waals surface area contributed by atoms with Gasteiger partial charge >= 0.3 is 5.97 Å². The van der Waals surface area contributed by atoms with Gasteiger partial charge in [-0.15, -0.1) is 0 Å². The molecule has 0 unspecified atom stereocenters. The molecule has 3 aliphatic rings. The molecule has 0 aliphatic carbocycles. The summed E-state index contributed by atoms with van der Waals surface area (Å²) in [5, 5.41) is 5.22. The molecule has 0 N–H and O–H groups in total. The van der Waals surface area contributed by atoms with Crippen LogP contribution in [0.3, 0.4) is 0 Å². The van der Waals surface area contributed by atoms with Crippen LogP contribution in [0, 0.1) is 0 Å². The van der Waals surface area contributed by atoms with E-state index >= 15 is 0 Å². The minimum Gasteiger partial charge on any atom is -0.448 e. The smallest absolute Gasteiger partial charge is 0.355 e. The number of esters is 1. The zero-order valence-corrected chi connectivity index (χ0v) is 18.1. The Labute approximate surface area is 180 Å². The van der Waals surface area contributed by atoms with Crippen LogP contribution in [0.1, 0.15) is 38.2 Å². The second kappa shape index (κ2) is 8.41. The fourth-order valence-corrected chi connectivity index (χ4v) is 5.93. The van der Waals surface area contributed by atoms with Crippen LogP contribution < -0.4 is 4.90 Å². The van der Waals surface area contributed by atoms with Crippen molar-refractivity contribution >= 4 is 39.0 Å². The number of benzene rings is 1. The van der Waals surface area contributed by atoms with Crippen LogP contribution in [0.25, 0.3) is 0 Å². The van der Waals surface area contributed by atoms with E-state index in [2.05, 4.69) is 5.10 Å². The summed E-state index contributed by atoms with van der Waals surface area (Å²) in [5.74, 6) is -1.54. The molecule has 1 aromatic rings.